The molecule has 1 atom stereocenters. The lowest BCUT2D eigenvalue weighted by Gasteiger charge is -2.19. The number of aryl methyl sites for hydroxylation is 1. The molecule has 0 bridgehead atoms. The lowest BCUT2D eigenvalue weighted by molar-refractivity contribution is 0.0437. The van der Waals surface area contributed by atoms with Gasteiger partial charge in [-0.25, -0.2) is 4.99 Å². The number of rotatable bonds is 9. The average Bonchev–Trinajstić information content (AvgIpc) is 3.19. The lowest BCUT2D eigenvalue weighted by Crippen LogP contribution is -2.39. The number of guanidine groups is 1. The van der Waals surface area contributed by atoms with Crippen LogP contribution in [0.3, 0.4) is 0 Å². The third-order valence-electron chi connectivity index (χ3n) is 4.33. The number of aliphatic hydroxyl groups is 1. The van der Waals surface area contributed by atoms with Crippen molar-refractivity contribution in [1.82, 2.24) is 10.6 Å². The van der Waals surface area contributed by atoms with Crippen molar-refractivity contribution in [3.63, 3.8) is 0 Å². The first-order valence-electron chi connectivity index (χ1n) is 9.47. The summed E-state index contributed by atoms with van der Waals surface area (Å²) in [7, 11) is 4.09. The molecule has 0 aliphatic rings. The van der Waals surface area contributed by atoms with E-state index in [1.165, 1.54) is 11.3 Å². The number of hydrogen-bond acceptors (Lipinski definition) is 4. The number of nitrogens with zero attached hydrogens (tertiary/aromatic N) is 2. The van der Waals surface area contributed by atoms with Crippen molar-refractivity contribution >= 4 is 11.6 Å². The lowest BCUT2D eigenvalue weighted by atomic mass is 10.0. The van der Waals surface area contributed by atoms with Gasteiger partial charge in [0.1, 0.15) is 11.4 Å². The van der Waals surface area contributed by atoms with Crippen LogP contribution in [0.25, 0.3) is 0 Å². The monoisotopic (exact) mass is 372 g/mol. The van der Waals surface area contributed by atoms with E-state index in [2.05, 4.69) is 44.8 Å². The van der Waals surface area contributed by atoms with Gasteiger partial charge < -0.3 is 25.1 Å². The molecule has 6 heteroatoms. The van der Waals surface area contributed by atoms with Gasteiger partial charge in [-0.15, -0.1) is 0 Å². The van der Waals surface area contributed by atoms with Gasteiger partial charge in [-0.2, -0.15) is 0 Å². The topological polar surface area (TPSA) is 73.0 Å². The first-order valence-corrected chi connectivity index (χ1v) is 9.47. The summed E-state index contributed by atoms with van der Waals surface area (Å²) in [5.41, 5.74) is 1.41. The van der Waals surface area contributed by atoms with E-state index >= 15 is 0 Å². The molecule has 0 saturated carbocycles. The predicted molar refractivity (Wildman–Crippen MR) is 111 cm³/mol. The van der Waals surface area contributed by atoms with Gasteiger partial charge in [0, 0.05) is 32.9 Å². The molecular weight excluding hydrogens is 340 g/mol. The Labute approximate surface area is 162 Å². The normalized spacial score (nSPS) is 13.9. The number of aliphatic imine (C=N–C) groups is 1. The molecule has 0 amide bonds. The van der Waals surface area contributed by atoms with Crippen LogP contribution in [0.5, 0.6) is 0 Å². The number of nitrogens with one attached hydrogen (secondary N) is 2. The van der Waals surface area contributed by atoms with E-state index in [9.17, 15) is 5.11 Å². The van der Waals surface area contributed by atoms with Crippen molar-refractivity contribution in [2.75, 3.05) is 38.6 Å². The maximum Gasteiger partial charge on any atom is 0.191 e. The largest absolute Gasteiger partial charge is 0.466 e. The van der Waals surface area contributed by atoms with Crippen LogP contribution in [0.2, 0.25) is 0 Å². The van der Waals surface area contributed by atoms with Crippen molar-refractivity contribution in [3.05, 3.63) is 54.0 Å². The number of benzene rings is 1. The first-order chi connectivity index (χ1) is 12.9. The SMILES string of the molecule is CCNC(=NCC(C)(O)c1ccco1)NCCCc1ccc(N(C)C)cc1. The Hall–Kier alpha value is -2.47. The molecule has 27 heavy (non-hydrogen) atoms. The van der Waals surface area contributed by atoms with E-state index in [1.54, 1.807) is 25.3 Å². The second-order valence-corrected chi connectivity index (χ2v) is 7.04. The van der Waals surface area contributed by atoms with E-state index in [0.717, 1.165) is 25.9 Å². The third kappa shape index (κ3) is 6.64. The Balaban J connectivity index is 1.81. The molecule has 0 spiro atoms. The smallest absolute Gasteiger partial charge is 0.191 e. The van der Waals surface area contributed by atoms with Crippen molar-refractivity contribution < 1.29 is 9.52 Å². The van der Waals surface area contributed by atoms with Gasteiger partial charge in [0.15, 0.2) is 5.96 Å². The van der Waals surface area contributed by atoms with Crippen molar-refractivity contribution in [1.29, 1.82) is 0 Å². The standard InChI is InChI=1S/C21H32N4O2/c1-5-22-20(24-16-21(2,26)19-9-7-15-27-19)23-14-6-8-17-10-12-18(13-11-17)25(3)4/h7,9-13,15,26H,5-6,8,14,16H2,1-4H3,(H2,22,23,24). The molecule has 1 aromatic heterocycles. The average molecular weight is 373 g/mol. The molecule has 0 saturated heterocycles. The summed E-state index contributed by atoms with van der Waals surface area (Å²) in [5.74, 6) is 1.22. The summed E-state index contributed by atoms with van der Waals surface area (Å²) in [5, 5.41) is 17.1. The summed E-state index contributed by atoms with van der Waals surface area (Å²) in [4.78, 5) is 6.59. The van der Waals surface area contributed by atoms with Crippen LogP contribution < -0.4 is 15.5 Å². The quantitative estimate of drug-likeness (QED) is 0.359. The van der Waals surface area contributed by atoms with E-state index in [-0.39, 0.29) is 6.54 Å². The minimum Gasteiger partial charge on any atom is -0.466 e. The molecule has 6 nitrogen and oxygen atoms in total. The third-order valence-corrected chi connectivity index (χ3v) is 4.33. The zero-order valence-electron chi connectivity index (χ0n) is 16.8. The maximum atomic E-state index is 10.5. The second-order valence-electron chi connectivity index (χ2n) is 7.04. The highest BCUT2D eigenvalue weighted by atomic mass is 16.4. The van der Waals surface area contributed by atoms with Crippen LogP contribution in [-0.2, 0) is 12.0 Å². The molecule has 1 aromatic carbocycles. The Bertz CT molecular complexity index is 691. The molecule has 1 unspecified atom stereocenters. The van der Waals surface area contributed by atoms with Crippen LogP contribution in [0.4, 0.5) is 5.69 Å². The Kier molecular flexibility index (Phi) is 7.73. The van der Waals surface area contributed by atoms with Crippen LogP contribution >= 0.6 is 0 Å². The van der Waals surface area contributed by atoms with Crippen LogP contribution in [-0.4, -0.2) is 44.8 Å². The fraction of sp³-hybridized carbons (Fsp3) is 0.476. The minimum atomic E-state index is -1.12. The van der Waals surface area contributed by atoms with E-state index in [0.29, 0.717) is 11.7 Å². The van der Waals surface area contributed by atoms with Gasteiger partial charge in [0.25, 0.3) is 0 Å². The molecule has 0 aliphatic heterocycles. The predicted octanol–water partition coefficient (Wildman–Crippen LogP) is 2.74. The summed E-state index contributed by atoms with van der Waals surface area (Å²) in [6.07, 6.45) is 3.56. The van der Waals surface area contributed by atoms with Crippen LogP contribution in [0.15, 0.2) is 52.1 Å². The molecule has 2 aromatic rings. The van der Waals surface area contributed by atoms with E-state index < -0.39 is 5.60 Å². The Morgan fingerprint density at radius 1 is 1.19 bits per heavy atom. The molecule has 0 fully saturated rings. The van der Waals surface area contributed by atoms with Crippen molar-refractivity contribution in [2.24, 2.45) is 4.99 Å². The van der Waals surface area contributed by atoms with Gasteiger partial charge >= 0.3 is 0 Å². The first kappa shape index (κ1) is 20.8. The highest BCUT2D eigenvalue weighted by Gasteiger charge is 2.25. The highest BCUT2D eigenvalue weighted by Crippen LogP contribution is 2.21. The summed E-state index contributed by atoms with van der Waals surface area (Å²) < 4.78 is 5.30. The van der Waals surface area contributed by atoms with E-state index in [4.69, 9.17) is 4.42 Å². The highest BCUT2D eigenvalue weighted by molar-refractivity contribution is 5.79. The van der Waals surface area contributed by atoms with Gasteiger partial charge in [0.2, 0.25) is 0 Å². The molecule has 148 valence electrons. The molecule has 1 heterocycles. The van der Waals surface area contributed by atoms with Gasteiger partial charge in [0.05, 0.1) is 12.8 Å². The zero-order valence-corrected chi connectivity index (χ0v) is 16.8. The van der Waals surface area contributed by atoms with E-state index in [1.807, 2.05) is 21.0 Å². The zero-order chi connectivity index (χ0) is 19.7. The summed E-state index contributed by atoms with van der Waals surface area (Å²) >= 11 is 0. The van der Waals surface area contributed by atoms with Gasteiger partial charge in [-0.1, -0.05) is 12.1 Å². The maximum absolute atomic E-state index is 10.5. The fourth-order valence-corrected chi connectivity index (χ4v) is 2.70. The van der Waals surface area contributed by atoms with Crippen LogP contribution in [0, 0.1) is 0 Å². The molecule has 0 aliphatic carbocycles. The Morgan fingerprint density at radius 2 is 1.93 bits per heavy atom. The van der Waals surface area contributed by atoms with Crippen molar-refractivity contribution in [3.8, 4) is 0 Å². The number of furan rings is 1. The molecule has 3 N–H and O–H groups in total. The minimum absolute atomic E-state index is 0.224. The van der Waals surface area contributed by atoms with Gasteiger partial charge in [-0.05, 0) is 56.5 Å². The molecule has 2 rings (SSSR count). The molecule has 0 radical (unpaired) electrons. The molecular formula is C21H32N4O2. The second kappa shape index (κ2) is 10.0. The number of hydrogen-bond donors (Lipinski definition) is 3. The van der Waals surface area contributed by atoms with Gasteiger partial charge in [-0.3, -0.25) is 0 Å². The number of anilines is 1. The summed E-state index contributed by atoms with van der Waals surface area (Å²) in [6.45, 7) is 5.52. The Morgan fingerprint density at radius 3 is 2.52 bits per heavy atom. The van der Waals surface area contributed by atoms with Crippen molar-refractivity contribution in [2.45, 2.75) is 32.3 Å². The fourth-order valence-electron chi connectivity index (χ4n) is 2.70. The van der Waals surface area contributed by atoms with Crippen LogP contribution in [0.1, 0.15) is 31.6 Å². The summed E-state index contributed by atoms with van der Waals surface area (Å²) in [6, 6.07) is 12.2.